The van der Waals surface area contributed by atoms with Gasteiger partial charge in [0.05, 0.1) is 6.61 Å². The van der Waals surface area contributed by atoms with Crippen LogP contribution in [-0.2, 0) is 11.2 Å². The molecule has 2 aliphatic heterocycles. The third-order valence-corrected chi connectivity index (χ3v) is 4.46. The van der Waals surface area contributed by atoms with Crippen LogP contribution in [0.4, 0.5) is 0 Å². The van der Waals surface area contributed by atoms with Crippen molar-refractivity contribution in [3.63, 3.8) is 0 Å². The molecule has 3 rings (SSSR count). The van der Waals surface area contributed by atoms with Gasteiger partial charge in [-0.1, -0.05) is 6.07 Å². The predicted octanol–water partition coefficient (Wildman–Crippen LogP) is 2.09. The first kappa shape index (κ1) is 15.1. The Morgan fingerprint density at radius 3 is 3.27 bits per heavy atom. The number of nitrogens with one attached hydrogen (secondary N) is 1. The molecule has 0 aromatic heterocycles. The Morgan fingerprint density at radius 1 is 1.50 bits per heavy atom. The number of hydrogen-bond acceptors (Lipinski definition) is 3. The zero-order valence-corrected chi connectivity index (χ0v) is 13.2. The Labute approximate surface area is 132 Å². The third-order valence-electron chi connectivity index (χ3n) is 4.46. The molecular formula is C18H24N2O2. The van der Waals surface area contributed by atoms with Crippen molar-refractivity contribution in [1.82, 2.24) is 10.2 Å². The molecule has 1 aromatic rings. The third kappa shape index (κ3) is 3.50. The van der Waals surface area contributed by atoms with E-state index in [4.69, 9.17) is 4.74 Å². The van der Waals surface area contributed by atoms with E-state index >= 15 is 0 Å². The summed E-state index contributed by atoms with van der Waals surface area (Å²) in [7, 11) is 1.97. The van der Waals surface area contributed by atoms with Gasteiger partial charge in [0.25, 0.3) is 0 Å². The summed E-state index contributed by atoms with van der Waals surface area (Å²) < 4.78 is 5.50. The van der Waals surface area contributed by atoms with Crippen LogP contribution in [0.15, 0.2) is 24.3 Å². The Kier molecular flexibility index (Phi) is 4.78. The lowest BCUT2D eigenvalue weighted by Gasteiger charge is -2.32. The Bertz CT molecular complexity index is 566. The number of carbonyl (C=O) groups is 1. The second kappa shape index (κ2) is 6.97. The zero-order chi connectivity index (χ0) is 15.4. The Balaban J connectivity index is 1.61. The van der Waals surface area contributed by atoms with E-state index in [1.807, 2.05) is 30.2 Å². The number of carbonyl (C=O) groups excluding carboxylic acids is 1. The number of likely N-dealkylation sites (tertiary alicyclic amines) is 1. The Morgan fingerprint density at radius 2 is 2.41 bits per heavy atom. The molecule has 1 N–H and O–H groups in total. The van der Waals surface area contributed by atoms with Crippen LogP contribution in [-0.4, -0.2) is 44.1 Å². The van der Waals surface area contributed by atoms with Crippen molar-refractivity contribution in [2.75, 3.05) is 33.3 Å². The van der Waals surface area contributed by atoms with Crippen LogP contribution in [0.25, 0.3) is 6.08 Å². The van der Waals surface area contributed by atoms with Crippen molar-refractivity contribution in [2.24, 2.45) is 5.92 Å². The fourth-order valence-electron chi connectivity index (χ4n) is 3.30. The highest BCUT2D eigenvalue weighted by Gasteiger charge is 2.21. The van der Waals surface area contributed by atoms with E-state index in [1.54, 1.807) is 6.08 Å². The summed E-state index contributed by atoms with van der Waals surface area (Å²) in [6.07, 6.45) is 6.89. The van der Waals surface area contributed by atoms with Gasteiger partial charge >= 0.3 is 0 Å². The van der Waals surface area contributed by atoms with Crippen molar-refractivity contribution in [1.29, 1.82) is 0 Å². The minimum atomic E-state index is 0.123. The molecule has 0 aliphatic carbocycles. The van der Waals surface area contributed by atoms with Gasteiger partial charge in [0.15, 0.2) is 0 Å². The molecule has 0 saturated carbocycles. The fourth-order valence-corrected chi connectivity index (χ4v) is 3.30. The van der Waals surface area contributed by atoms with E-state index in [-0.39, 0.29) is 5.91 Å². The van der Waals surface area contributed by atoms with Crippen molar-refractivity contribution in [3.05, 3.63) is 35.4 Å². The van der Waals surface area contributed by atoms with Gasteiger partial charge < -0.3 is 15.0 Å². The fraction of sp³-hybridized carbons (Fsp3) is 0.500. The molecule has 22 heavy (non-hydrogen) atoms. The number of piperidine rings is 1. The highest BCUT2D eigenvalue weighted by atomic mass is 16.5. The largest absolute Gasteiger partial charge is 0.493 e. The lowest BCUT2D eigenvalue weighted by molar-refractivity contribution is -0.127. The molecule has 4 heteroatoms. The number of hydrogen-bond donors (Lipinski definition) is 1. The monoisotopic (exact) mass is 300 g/mol. The summed E-state index contributed by atoms with van der Waals surface area (Å²) in [5, 5.41) is 3.21. The first-order valence-corrected chi connectivity index (χ1v) is 8.13. The maximum atomic E-state index is 12.3. The van der Waals surface area contributed by atoms with E-state index in [1.165, 1.54) is 12.0 Å². The number of amides is 1. The summed E-state index contributed by atoms with van der Waals surface area (Å²) in [4.78, 5) is 14.3. The minimum absolute atomic E-state index is 0.123. The average molecular weight is 300 g/mol. The molecule has 1 saturated heterocycles. The highest BCUT2D eigenvalue weighted by Crippen LogP contribution is 2.26. The van der Waals surface area contributed by atoms with E-state index in [0.717, 1.165) is 50.4 Å². The SMILES string of the molecule is CNCC1CCCN(C(=O)C=Cc2ccc3c(c2)CCO3)C1. The van der Waals surface area contributed by atoms with Crippen LogP contribution < -0.4 is 10.1 Å². The first-order chi connectivity index (χ1) is 10.8. The average Bonchev–Trinajstić information content (AvgIpc) is 3.01. The van der Waals surface area contributed by atoms with Crippen molar-refractivity contribution in [2.45, 2.75) is 19.3 Å². The number of fused-ring (bicyclic) bond motifs is 1. The van der Waals surface area contributed by atoms with Crippen LogP contribution in [0.3, 0.4) is 0 Å². The number of benzene rings is 1. The van der Waals surface area contributed by atoms with E-state index in [9.17, 15) is 4.79 Å². The van der Waals surface area contributed by atoms with Crippen LogP contribution in [0.2, 0.25) is 0 Å². The first-order valence-electron chi connectivity index (χ1n) is 8.13. The van der Waals surface area contributed by atoms with Gasteiger partial charge in [-0.2, -0.15) is 0 Å². The van der Waals surface area contributed by atoms with Gasteiger partial charge in [0.1, 0.15) is 5.75 Å². The summed E-state index contributed by atoms with van der Waals surface area (Å²) in [6, 6.07) is 6.12. The van der Waals surface area contributed by atoms with Gasteiger partial charge in [-0.3, -0.25) is 4.79 Å². The second-order valence-corrected chi connectivity index (χ2v) is 6.15. The molecule has 0 spiro atoms. The van der Waals surface area contributed by atoms with Gasteiger partial charge in [-0.05, 0) is 61.7 Å². The smallest absolute Gasteiger partial charge is 0.246 e. The minimum Gasteiger partial charge on any atom is -0.493 e. The number of nitrogens with zero attached hydrogens (tertiary/aromatic N) is 1. The maximum Gasteiger partial charge on any atom is 0.246 e. The predicted molar refractivity (Wildman–Crippen MR) is 87.9 cm³/mol. The highest BCUT2D eigenvalue weighted by molar-refractivity contribution is 5.91. The van der Waals surface area contributed by atoms with Crippen LogP contribution in [0.1, 0.15) is 24.0 Å². The topological polar surface area (TPSA) is 41.6 Å². The normalized spacial score (nSPS) is 21.0. The van der Waals surface area contributed by atoms with E-state index < -0.39 is 0 Å². The summed E-state index contributed by atoms with van der Waals surface area (Å²) >= 11 is 0. The number of ether oxygens (including phenoxy) is 1. The quantitative estimate of drug-likeness (QED) is 0.866. The van der Waals surface area contributed by atoms with Gasteiger partial charge in [-0.15, -0.1) is 0 Å². The maximum absolute atomic E-state index is 12.3. The number of rotatable bonds is 4. The molecule has 4 nitrogen and oxygen atoms in total. The lowest BCUT2D eigenvalue weighted by atomic mass is 9.98. The van der Waals surface area contributed by atoms with Crippen LogP contribution in [0, 0.1) is 5.92 Å². The molecule has 1 amide bonds. The summed E-state index contributed by atoms with van der Waals surface area (Å²) in [5.74, 6) is 1.68. The van der Waals surface area contributed by atoms with Crippen molar-refractivity contribution in [3.8, 4) is 5.75 Å². The Hall–Kier alpha value is -1.81. The van der Waals surface area contributed by atoms with E-state index in [2.05, 4.69) is 11.4 Å². The molecule has 2 heterocycles. The second-order valence-electron chi connectivity index (χ2n) is 6.15. The molecule has 0 bridgehead atoms. The molecule has 2 aliphatic rings. The van der Waals surface area contributed by atoms with Crippen LogP contribution >= 0.6 is 0 Å². The molecule has 0 radical (unpaired) electrons. The summed E-state index contributed by atoms with van der Waals surface area (Å²) in [6.45, 7) is 3.49. The van der Waals surface area contributed by atoms with E-state index in [0.29, 0.717) is 5.92 Å². The van der Waals surface area contributed by atoms with Gasteiger partial charge in [-0.25, -0.2) is 0 Å². The molecule has 1 atom stereocenters. The van der Waals surface area contributed by atoms with Gasteiger partial charge in [0.2, 0.25) is 5.91 Å². The van der Waals surface area contributed by atoms with Crippen LogP contribution in [0.5, 0.6) is 5.75 Å². The standard InChI is InChI=1S/C18H24N2O2/c1-19-12-15-3-2-9-20(13-15)18(21)7-5-14-4-6-17-16(11-14)8-10-22-17/h4-7,11,15,19H,2-3,8-10,12-13H2,1H3. The molecular weight excluding hydrogens is 276 g/mol. The molecule has 118 valence electrons. The van der Waals surface area contributed by atoms with Gasteiger partial charge in [0, 0.05) is 25.6 Å². The molecule has 1 unspecified atom stereocenters. The molecule has 1 fully saturated rings. The zero-order valence-electron chi connectivity index (χ0n) is 13.2. The molecule has 1 aromatic carbocycles. The van der Waals surface area contributed by atoms with Crippen molar-refractivity contribution >= 4 is 12.0 Å². The van der Waals surface area contributed by atoms with Crippen molar-refractivity contribution < 1.29 is 9.53 Å². The summed E-state index contributed by atoms with van der Waals surface area (Å²) in [5.41, 5.74) is 2.31. The lowest BCUT2D eigenvalue weighted by Crippen LogP contribution is -2.41.